The number of fused-ring (bicyclic) bond motifs is 1. The van der Waals surface area contributed by atoms with Crippen molar-refractivity contribution in [1.82, 2.24) is 15.1 Å². The molecule has 184 valence electrons. The zero-order chi connectivity index (χ0) is 23.7. The highest BCUT2D eigenvalue weighted by Crippen LogP contribution is 2.34. The number of nitrogens with one attached hydrogen (secondary N) is 1. The van der Waals surface area contributed by atoms with Crippen LogP contribution in [0.2, 0.25) is 0 Å². The number of carbonyl (C=O) groups is 3. The maximum absolute atomic E-state index is 13.0. The van der Waals surface area contributed by atoms with Crippen LogP contribution in [0.5, 0.6) is 5.75 Å². The van der Waals surface area contributed by atoms with Gasteiger partial charge in [-0.2, -0.15) is 0 Å². The van der Waals surface area contributed by atoms with Crippen LogP contribution in [0.1, 0.15) is 87.1 Å². The Labute approximate surface area is 202 Å². The summed E-state index contributed by atoms with van der Waals surface area (Å²) in [5, 5.41) is 2.36. The lowest BCUT2D eigenvalue weighted by Crippen LogP contribution is -2.52. The Morgan fingerprint density at radius 2 is 1.85 bits per heavy atom. The predicted octanol–water partition coefficient (Wildman–Crippen LogP) is 3.65. The summed E-state index contributed by atoms with van der Waals surface area (Å²) in [6, 6.07) is 5.58. The van der Waals surface area contributed by atoms with Crippen molar-refractivity contribution >= 4 is 17.7 Å². The number of hydrogen-bond donors (Lipinski definition) is 1. The van der Waals surface area contributed by atoms with Gasteiger partial charge in [0.05, 0.1) is 0 Å². The minimum atomic E-state index is -0.584. The van der Waals surface area contributed by atoms with Gasteiger partial charge in [0.1, 0.15) is 17.9 Å². The molecule has 4 aliphatic rings. The first-order valence-corrected chi connectivity index (χ1v) is 13.2. The Bertz CT molecular complexity index is 942. The van der Waals surface area contributed by atoms with Gasteiger partial charge in [0.25, 0.3) is 5.91 Å². The maximum Gasteiger partial charge on any atom is 0.255 e. The summed E-state index contributed by atoms with van der Waals surface area (Å²) >= 11 is 0. The molecule has 0 bridgehead atoms. The summed E-state index contributed by atoms with van der Waals surface area (Å²) < 4.78 is 6.54. The van der Waals surface area contributed by atoms with Crippen molar-refractivity contribution in [3.05, 3.63) is 29.3 Å². The predicted molar refractivity (Wildman–Crippen MR) is 128 cm³/mol. The molecule has 1 saturated heterocycles. The Kier molecular flexibility index (Phi) is 6.91. The number of hydrogen-bond acceptors (Lipinski definition) is 5. The van der Waals surface area contributed by atoms with Crippen LogP contribution in [0.4, 0.5) is 0 Å². The Morgan fingerprint density at radius 3 is 2.62 bits per heavy atom. The number of rotatable bonds is 7. The molecule has 7 heteroatoms. The normalized spacial score (nSPS) is 27.9. The first-order chi connectivity index (χ1) is 16.5. The smallest absolute Gasteiger partial charge is 0.255 e. The van der Waals surface area contributed by atoms with Crippen LogP contribution in [0.25, 0.3) is 0 Å². The zero-order valence-corrected chi connectivity index (χ0v) is 20.3. The first kappa shape index (κ1) is 23.3. The van der Waals surface area contributed by atoms with E-state index >= 15 is 0 Å². The Balaban J connectivity index is 1.25. The Hall–Kier alpha value is -2.41. The zero-order valence-electron chi connectivity index (χ0n) is 20.3. The van der Waals surface area contributed by atoms with E-state index in [0.717, 1.165) is 30.2 Å². The lowest BCUT2D eigenvalue weighted by Gasteiger charge is -2.36. The van der Waals surface area contributed by atoms with Crippen molar-refractivity contribution < 1.29 is 19.1 Å². The highest BCUT2D eigenvalue weighted by atomic mass is 16.5. The van der Waals surface area contributed by atoms with Crippen LogP contribution in [0.15, 0.2) is 18.2 Å². The van der Waals surface area contributed by atoms with E-state index in [1.165, 1.54) is 51.5 Å². The van der Waals surface area contributed by atoms with Crippen LogP contribution < -0.4 is 10.1 Å². The fourth-order valence-electron chi connectivity index (χ4n) is 6.46. The van der Waals surface area contributed by atoms with E-state index in [-0.39, 0.29) is 30.2 Å². The molecule has 1 N–H and O–H groups in total. The van der Waals surface area contributed by atoms with E-state index in [0.29, 0.717) is 24.6 Å². The largest absolute Gasteiger partial charge is 0.489 e. The molecular weight excluding hydrogens is 430 g/mol. The van der Waals surface area contributed by atoms with Gasteiger partial charge >= 0.3 is 0 Å². The summed E-state index contributed by atoms with van der Waals surface area (Å²) in [6.45, 7) is 4.89. The van der Waals surface area contributed by atoms with Gasteiger partial charge in [-0.05, 0) is 74.8 Å². The number of imide groups is 1. The molecule has 0 radical (unpaired) electrons. The van der Waals surface area contributed by atoms with E-state index in [1.807, 2.05) is 18.2 Å². The second-order valence-electron chi connectivity index (χ2n) is 10.5. The van der Waals surface area contributed by atoms with E-state index in [1.54, 1.807) is 4.90 Å². The minimum Gasteiger partial charge on any atom is -0.489 e. The molecule has 7 nitrogen and oxygen atoms in total. The Morgan fingerprint density at radius 1 is 1.03 bits per heavy atom. The minimum absolute atomic E-state index is 0.139. The molecule has 5 rings (SSSR count). The van der Waals surface area contributed by atoms with Crippen molar-refractivity contribution in [3.8, 4) is 5.75 Å². The van der Waals surface area contributed by atoms with Gasteiger partial charge in [-0.15, -0.1) is 0 Å². The molecule has 3 atom stereocenters. The van der Waals surface area contributed by atoms with Crippen LogP contribution in [0.3, 0.4) is 0 Å². The van der Waals surface area contributed by atoms with Gasteiger partial charge < -0.3 is 9.64 Å². The second-order valence-corrected chi connectivity index (χ2v) is 10.5. The standard InChI is InChI=1S/C27H37N3O4/c1-2-29(16-18-7-4-3-5-8-18)22-9-6-10-24(22)34-20-11-12-21-19(15-20)17-30(27(21)33)23-13-14-25(31)28-26(23)32/h11-12,15,18,22-24H,2-10,13-14,16-17H2,1H3,(H,28,31,32)/t22-,23?,24-/m0/s1. The molecule has 1 aromatic carbocycles. The molecule has 3 fully saturated rings. The molecule has 2 aliphatic heterocycles. The molecule has 2 heterocycles. The van der Waals surface area contributed by atoms with Crippen LogP contribution >= 0.6 is 0 Å². The van der Waals surface area contributed by atoms with Crippen LogP contribution in [0, 0.1) is 5.92 Å². The topological polar surface area (TPSA) is 79.0 Å². The number of amides is 3. The van der Waals surface area contributed by atoms with Crippen molar-refractivity contribution in [2.45, 2.75) is 95.9 Å². The molecule has 1 unspecified atom stereocenters. The molecule has 2 aliphatic carbocycles. The number of likely N-dealkylation sites (N-methyl/N-ethyl adjacent to an activating group) is 1. The van der Waals surface area contributed by atoms with Crippen LogP contribution in [-0.4, -0.2) is 58.8 Å². The monoisotopic (exact) mass is 467 g/mol. The van der Waals surface area contributed by atoms with E-state index in [2.05, 4.69) is 17.1 Å². The van der Waals surface area contributed by atoms with Crippen molar-refractivity contribution in [2.75, 3.05) is 13.1 Å². The lowest BCUT2D eigenvalue weighted by molar-refractivity contribution is -0.136. The highest BCUT2D eigenvalue weighted by molar-refractivity contribution is 6.05. The number of carbonyl (C=O) groups excluding carboxylic acids is 3. The van der Waals surface area contributed by atoms with Crippen molar-refractivity contribution in [2.24, 2.45) is 5.92 Å². The van der Waals surface area contributed by atoms with E-state index in [9.17, 15) is 14.4 Å². The molecule has 2 saturated carbocycles. The lowest BCUT2D eigenvalue weighted by atomic mass is 9.88. The molecular formula is C27H37N3O4. The summed E-state index contributed by atoms with van der Waals surface area (Å²) in [6.07, 6.45) is 11.1. The molecule has 0 spiro atoms. The number of ether oxygens (including phenoxy) is 1. The number of nitrogens with zero attached hydrogens (tertiary/aromatic N) is 2. The molecule has 3 amide bonds. The molecule has 34 heavy (non-hydrogen) atoms. The van der Waals surface area contributed by atoms with Gasteiger partial charge in [-0.1, -0.05) is 26.2 Å². The van der Waals surface area contributed by atoms with Gasteiger partial charge in [0.2, 0.25) is 11.8 Å². The van der Waals surface area contributed by atoms with Gasteiger partial charge in [0.15, 0.2) is 0 Å². The van der Waals surface area contributed by atoms with Crippen molar-refractivity contribution in [1.29, 1.82) is 0 Å². The average molecular weight is 468 g/mol. The third-order valence-electron chi connectivity index (χ3n) is 8.29. The number of piperidine rings is 1. The third-order valence-corrected chi connectivity index (χ3v) is 8.29. The van der Waals surface area contributed by atoms with Gasteiger partial charge in [0, 0.05) is 31.1 Å². The van der Waals surface area contributed by atoms with E-state index in [4.69, 9.17) is 4.74 Å². The van der Waals surface area contributed by atoms with Crippen LogP contribution in [-0.2, 0) is 16.1 Å². The summed E-state index contributed by atoms with van der Waals surface area (Å²) in [7, 11) is 0. The third kappa shape index (κ3) is 4.72. The maximum atomic E-state index is 13.0. The average Bonchev–Trinajstić information content (AvgIpc) is 3.42. The summed E-state index contributed by atoms with van der Waals surface area (Å²) in [5.74, 6) is 0.845. The number of benzene rings is 1. The quantitative estimate of drug-likeness (QED) is 0.620. The fourth-order valence-corrected chi connectivity index (χ4v) is 6.46. The highest BCUT2D eigenvalue weighted by Gasteiger charge is 2.40. The summed E-state index contributed by atoms with van der Waals surface area (Å²) in [4.78, 5) is 41.0. The van der Waals surface area contributed by atoms with Crippen molar-refractivity contribution in [3.63, 3.8) is 0 Å². The van der Waals surface area contributed by atoms with Gasteiger partial charge in [-0.25, -0.2) is 0 Å². The molecule has 0 aromatic heterocycles. The van der Waals surface area contributed by atoms with E-state index < -0.39 is 6.04 Å². The first-order valence-electron chi connectivity index (χ1n) is 13.2. The second kappa shape index (κ2) is 10.1. The van der Waals surface area contributed by atoms with Gasteiger partial charge in [-0.3, -0.25) is 24.6 Å². The summed E-state index contributed by atoms with van der Waals surface area (Å²) in [5.41, 5.74) is 1.53. The SMILES string of the molecule is CCN(CC1CCCCC1)[C@H]1CCC[C@@H]1Oc1ccc2c(c1)CN(C1CCC(=O)NC1=O)C2=O. The molecule has 1 aromatic rings. The fraction of sp³-hybridized carbons (Fsp3) is 0.667.